The lowest BCUT2D eigenvalue weighted by Gasteiger charge is -2.10. The van der Waals surface area contributed by atoms with E-state index in [1.54, 1.807) is 31.6 Å². The van der Waals surface area contributed by atoms with Crippen LogP contribution in [0, 0.1) is 0 Å². The number of pyridine rings is 2. The highest BCUT2D eigenvalue weighted by atomic mass is 16.5. The Labute approximate surface area is 173 Å². The topological polar surface area (TPSA) is 111 Å². The lowest BCUT2D eigenvalue weighted by atomic mass is 10.1. The summed E-state index contributed by atoms with van der Waals surface area (Å²) in [7, 11) is 1.71. The van der Waals surface area contributed by atoms with E-state index in [4.69, 9.17) is 4.74 Å². The van der Waals surface area contributed by atoms with Crippen molar-refractivity contribution in [1.82, 2.24) is 19.7 Å². The molecule has 0 saturated carbocycles. The first-order chi connectivity index (χ1) is 14.6. The molecule has 0 radical (unpaired) electrons. The van der Waals surface area contributed by atoms with E-state index in [1.807, 2.05) is 18.2 Å². The first-order valence-electron chi connectivity index (χ1n) is 9.73. The number of hydrogen-bond donors (Lipinski definition) is 2. The van der Waals surface area contributed by atoms with Crippen LogP contribution in [0.5, 0.6) is 0 Å². The predicted octanol–water partition coefficient (Wildman–Crippen LogP) is 2.53. The Hall–Kier alpha value is -3.59. The molecule has 154 valence electrons. The van der Waals surface area contributed by atoms with Crippen LogP contribution in [-0.4, -0.2) is 51.2 Å². The van der Waals surface area contributed by atoms with Crippen LogP contribution in [0.25, 0.3) is 11.3 Å². The molecule has 4 heterocycles. The molecule has 0 fully saturated rings. The lowest BCUT2D eigenvalue weighted by Crippen LogP contribution is -2.16. The van der Waals surface area contributed by atoms with Gasteiger partial charge >= 0.3 is 0 Å². The van der Waals surface area contributed by atoms with Crippen molar-refractivity contribution in [1.29, 1.82) is 0 Å². The van der Waals surface area contributed by atoms with Crippen molar-refractivity contribution in [3.8, 4) is 11.3 Å². The van der Waals surface area contributed by atoms with Gasteiger partial charge in [-0.15, -0.1) is 0 Å². The van der Waals surface area contributed by atoms with Crippen molar-refractivity contribution >= 4 is 23.2 Å². The fourth-order valence-corrected chi connectivity index (χ4v) is 3.19. The number of ketones is 1. The van der Waals surface area contributed by atoms with E-state index in [2.05, 4.69) is 25.7 Å². The summed E-state index contributed by atoms with van der Waals surface area (Å²) in [4.78, 5) is 34.2. The Balaban J connectivity index is 1.68. The zero-order valence-corrected chi connectivity index (χ0v) is 16.6. The summed E-state index contributed by atoms with van der Waals surface area (Å²) < 4.78 is 7.10. The molecule has 9 nitrogen and oxygen atoms in total. The molecule has 0 spiro atoms. The lowest BCUT2D eigenvalue weighted by molar-refractivity contribution is 0.0940. The summed E-state index contributed by atoms with van der Waals surface area (Å²) in [6.45, 7) is 1.55. The second-order valence-corrected chi connectivity index (χ2v) is 6.92. The van der Waals surface area contributed by atoms with E-state index in [1.165, 1.54) is 4.68 Å². The number of fused-ring (bicyclic) bond motifs is 6. The highest BCUT2D eigenvalue weighted by Gasteiger charge is 2.19. The Morgan fingerprint density at radius 2 is 2.00 bits per heavy atom. The van der Waals surface area contributed by atoms with Gasteiger partial charge in [-0.05, 0) is 30.7 Å². The van der Waals surface area contributed by atoms with Crippen LogP contribution in [0.4, 0.5) is 11.5 Å². The predicted molar refractivity (Wildman–Crippen MR) is 112 cm³/mol. The van der Waals surface area contributed by atoms with Gasteiger partial charge in [0.25, 0.3) is 5.91 Å². The van der Waals surface area contributed by atoms with Crippen LogP contribution < -0.4 is 10.6 Å². The van der Waals surface area contributed by atoms with Gasteiger partial charge in [0.1, 0.15) is 11.5 Å². The smallest absolute Gasteiger partial charge is 0.274 e. The molecule has 9 heteroatoms. The molecular weight excluding hydrogens is 384 g/mol. The van der Waals surface area contributed by atoms with E-state index in [9.17, 15) is 9.59 Å². The summed E-state index contributed by atoms with van der Waals surface area (Å²) in [6, 6.07) is 8.95. The Kier molecular flexibility index (Phi) is 5.80. The summed E-state index contributed by atoms with van der Waals surface area (Å²) in [5.74, 6) is 0.148. The Morgan fingerprint density at radius 3 is 2.90 bits per heavy atom. The van der Waals surface area contributed by atoms with Crippen molar-refractivity contribution in [3.05, 3.63) is 54.1 Å². The molecule has 1 amide bonds. The molecule has 0 aromatic carbocycles. The molecule has 3 aromatic rings. The van der Waals surface area contributed by atoms with Gasteiger partial charge in [-0.25, -0.2) is 9.97 Å². The average molecular weight is 406 g/mol. The van der Waals surface area contributed by atoms with Gasteiger partial charge in [0, 0.05) is 44.6 Å². The van der Waals surface area contributed by atoms with E-state index < -0.39 is 5.91 Å². The number of Topliss-reactive ketones (excluding diaryl/α,β-unsaturated/α-hetero) is 1. The van der Waals surface area contributed by atoms with Crippen molar-refractivity contribution < 1.29 is 14.3 Å². The Bertz CT molecular complexity index is 1080. The van der Waals surface area contributed by atoms with E-state index in [-0.39, 0.29) is 23.6 Å². The number of amides is 1. The number of carbonyl (C=O) groups is 2. The minimum atomic E-state index is -0.407. The molecule has 0 saturated heterocycles. The van der Waals surface area contributed by atoms with Crippen molar-refractivity contribution in [3.63, 3.8) is 0 Å². The summed E-state index contributed by atoms with van der Waals surface area (Å²) in [5.41, 5.74) is 2.34. The highest BCUT2D eigenvalue weighted by Crippen LogP contribution is 2.21. The van der Waals surface area contributed by atoms with Gasteiger partial charge in [-0.3, -0.25) is 14.3 Å². The number of hydrogen-bond acceptors (Lipinski definition) is 7. The monoisotopic (exact) mass is 406 g/mol. The maximum absolute atomic E-state index is 12.8. The first-order valence-corrected chi connectivity index (χ1v) is 9.73. The van der Waals surface area contributed by atoms with Crippen LogP contribution in [0.1, 0.15) is 33.8 Å². The highest BCUT2D eigenvalue weighted by molar-refractivity contribution is 6.08. The third kappa shape index (κ3) is 4.52. The van der Waals surface area contributed by atoms with Crippen molar-refractivity contribution in [2.75, 3.05) is 30.4 Å². The maximum Gasteiger partial charge on any atom is 0.274 e. The standard InChI is InChI=1S/C21H22N6O3/c1-27-13-17-20(26-27)18(28)6-3-10-30-11-9-23-19-12-14(7-8-22-19)15-4-2-5-16(24-15)21(29)25-17/h2,4-5,7-8,12-13H,3,6,9-11H2,1H3,(H,22,23)(H,25,29). The molecule has 0 atom stereocenters. The maximum atomic E-state index is 12.8. The average Bonchev–Trinajstić information content (AvgIpc) is 3.12. The third-order valence-electron chi connectivity index (χ3n) is 4.62. The molecule has 30 heavy (non-hydrogen) atoms. The van der Waals surface area contributed by atoms with E-state index in [0.717, 1.165) is 5.56 Å². The van der Waals surface area contributed by atoms with E-state index >= 15 is 0 Å². The van der Waals surface area contributed by atoms with E-state index in [0.29, 0.717) is 43.4 Å². The fraction of sp³-hybridized carbons (Fsp3) is 0.286. The minimum Gasteiger partial charge on any atom is -0.380 e. The van der Waals surface area contributed by atoms with Crippen LogP contribution >= 0.6 is 0 Å². The first kappa shape index (κ1) is 19.7. The number of nitrogens with one attached hydrogen (secondary N) is 2. The van der Waals surface area contributed by atoms with Crippen molar-refractivity contribution in [2.45, 2.75) is 12.8 Å². The molecule has 2 N–H and O–H groups in total. The third-order valence-corrected chi connectivity index (χ3v) is 4.62. The molecule has 0 aliphatic carbocycles. The molecular formula is C21H22N6O3. The van der Waals surface area contributed by atoms with Crippen LogP contribution in [-0.2, 0) is 11.8 Å². The molecule has 1 aliphatic heterocycles. The molecule has 1 aliphatic rings. The number of aryl methyl sites for hydroxylation is 1. The Morgan fingerprint density at radius 1 is 1.13 bits per heavy atom. The minimum absolute atomic E-state index is 0.144. The van der Waals surface area contributed by atoms with Gasteiger partial charge in [-0.2, -0.15) is 5.10 Å². The SMILES string of the molecule is Cn1cc2c(n1)C(=O)CCCOCCNc1cc(ccn1)-c1cccc(n1)C(=O)N2. The molecule has 0 unspecified atom stereocenters. The second kappa shape index (κ2) is 8.83. The number of anilines is 2. The number of carbonyl (C=O) groups excluding carboxylic acids is 2. The molecule has 4 bridgehead atoms. The van der Waals surface area contributed by atoms with Crippen molar-refractivity contribution in [2.24, 2.45) is 7.05 Å². The van der Waals surface area contributed by atoms with Gasteiger partial charge in [0.05, 0.1) is 18.0 Å². The van der Waals surface area contributed by atoms with Crippen LogP contribution in [0.3, 0.4) is 0 Å². The number of nitrogens with zero attached hydrogens (tertiary/aromatic N) is 4. The number of ether oxygens (including phenoxy) is 1. The largest absolute Gasteiger partial charge is 0.380 e. The quantitative estimate of drug-likeness (QED) is 0.590. The van der Waals surface area contributed by atoms with Gasteiger partial charge in [0.2, 0.25) is 0 Å². The zero-order chi connectivity index (χ0) is 20.9. The molecule has 4 rings (SSSR count). The van der Waals surface area contributed by atoms with Gasteiger partial charge in [-0.1, -0.05) is 6.07 Å². The second-order valence-electron chi connectivity index (χ2n) is 6.92. The van der Waals surface area contributed by atoms with Crippen LogP contribution in [0.15, 0.2) is 42.7 Å². The van der Waals surface area contributed by atoms with Gasteiger partial charge in [0.15, 0.2) is 11.5 Å². The summed E-state index contributed by atoms with van der Waals surface area (Å²) in [5, 5.41) is 10.2. The zero-order valence-electron chi connectivity index (χ0n) is 16.6. The summed E-state index contributed by atoms with van der Waals surface area (Å²) in [6.07, 6.45) is 4.16. The normalized spacial score (nSPS) is 15.4. The van der Waals surface area contributed by atoms with Gasteiger partial charge < -0.3 is 15.4 Å². The fourth-order valence-electron chi connectivity index (χ4n) is 3.19. The van der Waals surface area contributed by atoms with Crippen LogP contribution in [0.2, 0.25) is 0 Å². The number of aromatic nitrogens is 4. The number of rotatable bonds is 0. The molecule has 3 aromatic heterocycles. The summed E-state index contributed by atoms with van der Waals surface area (Å²) >= 11 is 0.